The molecule has 4 N–H and O–H groups in total. The summed E-state index contributed by atoms with van der Waals surface area (Å²) < 4.78 is 131. The van der Waals surface area contributed by atoms with Crippen molar-refractivity contribution in [1.82, 2.24) is 59.6 Å². The fraction of sp³-hybridized carbons (Fsp3) is 0.397. The Kier molecular flexibility index (Phi) is 20.4. The standard InChI is InChI=1S/C35H36F3N7O5.C28H30F3N7O5.O2S/c1-19-28(20(2)50-43-19)27-13-12-24-25(18-45(30(24)41-27)23-10-8-7-9-11-23)29-26(35(36,37)38)15-39-32(42-29)40-22-14-21(31(46)48-6)16-44(17-22)33(47)49-34(3,4)5;1-13-21(14(2)43-37-13)20-7-6-17-18(9-32-23(17)35-20)22-19(28(29,30)31)10-33-25(36-22)34-16-8-15(24(39)40)11-38(12-16)26(41)42-27(3,4)5;1-3-2/h7-13,15,18,21-22H,14,16-17H2,1-6H3,(H,39,40,42);6-7,9-10,15-16H,8,11-12H2,1-5H3,(H,32,35)(H,39,40)(H,33,34,36);/t21-,22+;15-,16+;/m11./s1. The van der Waals surface area contributed by atoms with E-state index in [1.165, 1.54) is 23.1 Å². The second-order valence-corrected chi connectivity index (χ2v) is 24.8. The molecule has 1 aromatic carbocycles. The molecule has 4 atom stereocenters. The number of hydrogen-bond donors (Lipinski definition) is 4. The fourth-order valence-electron chi connectivity index (χ4n) is 11.2. The molecule has 2 aliphatic rings. The number of likely N-dealkylation sites (tertiary alicyclic amines) is 2. The van der Waals surface area contributed by atoms with Gasteiger partial charge in [-0.2, -0.15) is 34.8 Å². The van der Waals surface area contributed by atoms with Gasteiger partial charge >= 0.3 is 48.0 Å². The Morgan fingerprint density at radius 3 is 1.56 bits per heavy atom. The third-order valence-electron chi connectivity index (χ3n) is 15.3. The molecular formula is C63H66F6N14O12S. The van der Waals surface area contributed by atoms with Crippen molar-refractivity contribution < 1.29 is 82.3 Å². The number of H-pyrrole nitrogens is 1. The number of carbonyl (C=O) groups excluding carboxylic acids is 3. The number of anilines is 2. The first-order chi connectivity index (χ1) is 45.1. The molecule has 2 saturated heterocycles. The zero-order valence-electron chi connectivity index (χ0n) is 53.6. The number of rotatable bonds is 11. The molecule has 10 heterocycles. The third kappa shape index (κ3) is 16.1. The molecule has 0 spiro atoms. The second kappa shape index (κ2) is 27.9. The molecule has 0 saturated carbocycles. The highest BCUT2D eigenvalue weighted by Crippen LogP contribution is 2.43. The summed E-state index contributed by atoms with van der Waals surface area (Å²) in [6.45, 7) is 17.4. The number of methoxy groups -OCH3 is 1. The molecule has 33 heteroatoms. The number of aliphatic carboxylic acids is 1. The summed E-state index contributed by atoms with van der Waals surface area (Å²) in [5.74, 6) is -2.45. The van der Waals surface area contributed by atoms with Crippen LogP contribution < -0.4 is 10.6 Å². The van der Waals surface area contributed by atoms with Crippen molar-refractivity contribution >= 4 is 69.7 Å². The van der Waals surface area contributed by atoms with E-state index in [2.05, 4.69) is 50.9 Å². The van der Waals surface area contributed by atoms with Crippen molar-refractivity contribution in [2.75, 3.05) is 43.9 Å². The van der Waals surface area contributed by atoms with E-state index in [9.17, 15) is 50.6 Å². The van der Waals surface area contributed by atoms with Gasteiger partial charge in [-0.05, 0) is 118 Å². The molecule has 0 unspecified atom stereocenters. The van der Waals surface area contributed by atoms with Crippen molar-refractivity contribution in [3.63, 3.8) is 0 Å². The Balaban J connectivity index is 0.000000219. The lowest BCUT2D eigenvalue weighted by molar-refractivity contribution is -0.147. The average Bonchev–Trinajstić information content (AvgIpc) is 1.59. The van der Waals surface area contributed by atoms with Gasteiger partial charge in [-0.1, -0.05) is 28.5 Å². The molecule has 2 aliphatic heterocycles. The Morgan fingerprint density at radius 2 is 1.10 bits per heavy atom. The van der Waals surface area contributed by atoms with Crippen LogP contribution in [0.25, 0.3) is 72.8 Å². The van der Waals surface area contributed by atoms with E-state index in [-0.39, 0.29) is 67.7 Å². The van der Waals surface area contributed by atoms with E-state index in [0.29, 0.717) is 79.4 Å². The number of pyridine rings is 2. The molecule has 11 rings (SSSR count). The van der Waals surface area contributed by atoms with E-state index in [1.54, 1.807) is 104 Å². The number of aromatic nitrogens is 10. The van der Waals surface area contributed by atoms with Crippen LogP contribution in [0.2, 0.25) is 0 Å². The molecule has 0 aliphatic carbocycles. The Morgan fingerprint density at radius 1 is 0.635 bits per heavy atom. The van der Waals surface area contributed by atoms with Crippen molar-refractivity contribution in [2.45, 2.75) is 118 Å². The summed E-state index contributed by atoms with van der Waals surface area (Å²) in [5, 5.41) is 24.4. The van der Waals surface area contributed by atoms with Crippen LogP contribution in [-0.4, -0.2) is 154 Å². The van der Waals surface area contributed by atoms with E-state index < -0.39 is 100.0 Å². The van der Waals surface area contributed by atoms with Crippen LogP contribution in [-0.2, 0) is 47.7 Å². The number of para-hydroxylation sites is 1. The van der Waals surface area contributed by atoms with Gasteiger partial charge in [-0.3, -0.25) is 9.59 Å². The van der Waals surface area contributed by atoms with E-state index >= 15 is 0 Å². The quantitative estimate of drug-likeness (QED) is 0.0531. The molecule has 0 bridgehead atoms. The Bertz CT molecular complexity index is 4360. The van der Waals surface area contributed by atoms with Crippen LogP contribution in [0.5, 0.6) is 0 Å². The summed E-state index contributed by atoms with van der Waals surface area (Å²) in [4.78, 5) is 81.7. The lowest BCUT2D eigenvalue weighted by Gasteiger charge is -2.37. The third-order valence-corrected chi connectivity index (χ3v) is 15.3. The van der Waals surface area contributed by atoms with Crippen molar-refractivity contribution in [3.05, 3.63) is 113 Å². The smallest absolute Gasteiger partial charge is 0.419 e. The highest BCUT2D eigenvalue weighted by molar-refractivity contribution is 7.51. The van der Waals surface area contributed by atoms with Gasteiger partial charge in [-0.25, -0.2) is 39.5 Å². The minimum Gasteiger partial charge on any atom is -0.481 e. The van der Waals surface area contributed by atoms with Gasteiger partial charge in [0, 0.05) is 90.6 Å². The largest absolute Gasteiger partial charge is 0.481 e. The Labute approximate surface area is 547 Å². The average molecular weight is 1360 g/mol. The number of hydrogen-bond acceptors (Lipinski definition) is 21. The second-order valence-electron chi connectivity index (χ2n) is 24.7. The molecule has 2 amide bonds. The first kappa shape index (κ1) is 70.0. The van der Waals surface area contributed by atoms with E-state index in [4.69, 9.17) is 36.7 Å². The predicted molar refractivity (Wildman–Crippen MR) is 334 cm³/mol. The van der Waals surface area contributed by atoms with Crippen LogP contribution in [0.3, 0.4) is 0 Å². The number of aromatic amines is 1. The SMILES string of the molecule is COC(=O)[C@@H]1C[C@H](Nc2ncc(C(F)(F)F)c(-c3cn(-c4ccccc4)c4nc(-c5c(C)noc5C)ccc34)n2)CN(C(=O)OC(C)(C)C)C1.Cc1noc(C)c1-c1ccc2c(-c3nc(N[C@H]4C[C@@H](C(=O)O)CN(C(=O)OC(C)(C)C)C4)ncc3C(F)(F)F)c[nH]c2n1.O=S=O. The number of carboxylic acids is 1. The highest BCUT2D eigenvalue weighted by Gasteiger charge is 2.41. The predicted octanol–water partition coefficient (Wildman–Crippen LogP) is 11.7. The monoisotopic (exact) mass is 1360 g/mol. The zero-order valence-corrected chi connectivity index (χ0v) is 54.4. The van der Waals surface area contributed by atoms with Crippen molar-refractivity contribution in [1.29, 1.82) is 0 Å². The number of nitrogens with zero attached hydrogens (tertiary/aromatic N) is 11. The van der Waals surface area contributed by atoms with E-state index in [1.807, 2.05) is 30.3 Å². The summed E-state index contributed by atoms with van der Waals surface area (Å²) >= 11 is -0.750. The Hall–Kier alpha value is -10.3. The number of ether oxygens (including phenoxy) is 3. The van der Waals surface area contributed by atoms with Gasteiger partial charge in [0.2, 0.25) is 11.9 Å². The minimum absolute atomic E-state index is 0.0416. The first-order valence-electron chi connectivity index (χ1n) is 29.7. The summed E-state index contributed by atoms with van der Waals surface area (Å²) in [5.41, 5.74) is 0.982. The number of aryl methyl sites for hydroxylation is 4. The van der Waals surface area contributed by atoms with Crippen LogP contribution in [0, 0.1) is 39.5 Å². The number of halogens is 6. The molecule has 96 heavy (non-hydrogen) atoms. The van der Waals surface area contributed by atoms with Gasteiger partial charge in [0.15, 0.2) is 0 Å². The normalized spacial score (nSPS) is 16.8. The molecule has 508 valence electrons. The zero-order chi connectivity index (χ0) is 69.9. The number of benzene rings is 1. The fourth-order valence-corrected chi connectivity index (χ4v) is 11.2. The number of fused-ring (bicyclic) bond motifs is 2. The topological polar surface area (TPSA) is 331 Å². The molecule has 2 fully saturated rings. The van der Waals surface area contributed by atoms with Crippen LogP contribution in [0.1, 0.15) is 88.4 Å². The number of carbonyl (C=O) groups is 4. The molecular weight excluding hydrogens is 1290 g/mol. The number of alkyl halides is 6. The number of amides is 2. The van der Waals surface area contributed by atoms with Gasteiger partial charge in [0.25, 0.3) is 0 Å². The maximum Gasteiger partial charge on any atom is 0.419 e. The van der Waals surface area contributed by atoms with Gasteiger partial charge in [0.05, 0.1) is 64.2 Å². The molecule has 0 radical (unpaired) electrons. The van der Waals surface area contributed by atoms with Crippen molar-refractivity contribution in [3.8, 4) is 50.7 Å². The number of esters is 1. The molecule has 9 aromatic rings. The minimum atomic E-state index is -4.80. The number of carboxylic acid groups (broad SMARTS) is 1. The number of nitrogens with one attached hydrogen (secondary N) is 3. The van der Waals surface area contributed by atoms with Gasteiger partial charge in [0.1, 0.15) is 45.1 Å². The maximum absolute atomic E-state index is 14.6. The summed E-state index contributed by atoms with van der Waals surface area (Å²) in [6, 6.07) is 14.5. The summed E-state index contributed by atoms with van der Waals surface area (Å²) in [6.07, 6.45) is -6.21. The van der Waals surface area contributed by atoms with Gasteiger partial charge < -0.3 is 58.3 Å². The lowest BCUT2D eigenvalue weighted by atomic mass is 9.94. The van der Waals surface area contributed by atoms with Crippen LogP contribution in [0.15, 0.2) is 88.4 Å². The maximum atomic E-state index is 14.6. The summed E-state index contributed by atoms with van der Waals surface area (Å²) in [7, 11) is 1.25. The molecule has 8 aromatic heterocycles. The molecule has 26 nitrogen and oxygen atoms in total. The lowest BCUT2D eigenvalue weighted by Crippen LogP contribution is -2.52. The highest BCUT2D eigenvalue weighted by atomic mass is 32.1. The van der Waals surface area contributed by atoms with Gasteiger partial charge in [-0.15, -0.1) is 0 Å². The van der Waals surface area contributed by atoms with Crippen LogP contribution >= 0.6 is 0 Å². The first-order valence-corrected chi connectivity index (χ1v) is 30.3. The van der Waals surface area contributed by atoms with Crippen molar-refractivity contribution in [2.24, 2.45) is 11.8 Å². The number of piperidine rings is 2. The van der Waals surface area contributed by atoms with E-state index in [0.717, 1.165) is 6.20 Å². The van der Waals surface area contributed by atoms with Crippen LogP contribution in [0.4, 0.5) is 47.8 Å².